The van der Waals surface area contributed by atoms with Gasteiger partial charge in [0.25, 0.3) is 0 Å². The number of carbonyl (C=O) groups is 1. The lowest BCUT2D eigenvalue weighted by molar-refractivity contribution is 0.00458. The highest BCUT2D eigenvalue weighted by molar-refractivity contribution is 5.87. The lowest BCUT2D eigenvalue weighted by Crippen LogP contribution is -2.40. The third-order valence-electron chi connectivity index (χ3n) is 4.02. The lowest BCUT2D eigenvalue weighted by atomic mass is 10.1. The quantitative estimate of drug-likeness (QED) is 0.812. The van der Waals surface area contributed by atoms with Crippen LogP contribution in [0.15, 0.2) is 42.6 Å². The number of aryl methyl sites for hydroxylation is 1. The van der Waals surface area contributed by atoms with E-state index >= 15 is 0 Å². The van der Waals surface area contributed by atoms with E-state index in [0.717, 1.165) is 32.5 Å². The Morgan fingerprint density at radius 1 is 1.32 bits per heavy atom. The summed E-state index contributed by atoms with van der Waals surface area (Å²) in [7, 11) is 1.75. The van der Waals surface area contributed by atoms with Crippen molar-refractivity contribution in [2.24, 2.45) is 7.05 Å². The fourth-order valence-corrected chi connectivity index (χ4v) is 2.88. The highest BCUT2D eigenvalue weighted by Gasteiger charge is 2.24. The normalized spacial score (nSPS) is 19.0. The van der Waals surface area contributed by atoms with Crippen LogP contribution in [0.25, 0.3) is 0 Å². The first kappa shape index (κ1) is 14.8. The Morgan fingerprint density at radius 3 is 2.86 bits per heavy atom. The summed E-state index contributed by atoms with van der Waals surface area (Å²) >= 11 is 0. The summed E-state index contributed by atoms with van der Waals surface area (Å²) in [6.45, 7) is 2.74. The minimum absolute atomic E-state index is 0.0418. The van der Waals surface area contributed by atoms with Crippen LogP contribution in [-0.4, -0.2) is 39.8 Å². The van der Waals surface area contributed by atoms with E-state index in [2.05, 4.69) is 34.3 Å². The van der Waals surface area contributed by atoms with Gasteiger partial charge >= 0.3 is 5.97 Å². The van der Waals surface area contributed by atoms with Gasteiger partial charge in [0.2, 0.25) is 0 Å². The van der Waals surface area contributed by atoms with E-state index in [1.807, 2.05) is 6.07 Å². The third kappa shape index (κ3) is 3.54. The monoisotopic (exact) mass is 299 g/mol. The number of esters is 1. The van der Waals surface area contributed by atoms with Crippen LogP contribution in [0.3, 0.4) is 0 Å². The fraction of sp³-hybridized carbons (Fsp3) is 0.412. The number of aromatic nitrogens is 2. The molecule has 1 aromatic heterocycles. The van der Waals surface area contributed by atoms with E-state index in [0.29, 0.717) is 5.69 Å². The molecular weight excluding hydrogens is 278 g/mol. The number of rotatable bonds is 4. The van der Waals surface area contributed by atoms with Gasteiger partial charge in [-0.2, -0.15) is 5.10 Å². The largest absolute Gasteiger partial charge is 0.456 e. The van der Waals surface area contributed by atoms with Gasteiger partial charge in [0.1, 0.15) is 11.8 Å². The molecule has 1 atom stereocenters. The van der Waals surface area contributed by atoms with Gasteiger partial charge < -0.3 is 4.74 Å². The molecule has 0 N–H and O–H groups in total. The molecule has 1 saturated heterocycles. The molecule has 22 heavy (non-hydrogen) atoms. The molecule has 1 aromatic carbocycles. The second-order valence-corrected chi connectivity index (χ2v) is 5.73. The molecule has 3 rings (SSSR count). The maximum absolute atomic E-state index is 12.2. The summed E-state index contributed by atoms with van der Waals surface area (Å²) in [4.78, 5) is 14.5. The van der Waals surface area contributed by atoms with E-state index in [4.69, 9.17) is 4.74 Å². The van der Waals surface area contributed by atoms with E-state index in [9.17, 15) is 4.79 Å². The van der Waals surface area contributed by atoms with Crippen LogP contribution in [0.5, 0.6) is 0 Å². The molecule has 2 heterocycles. The Bertz CT molecular complexity index is 624. The Morgan fingerprint density at radius 2 is 2.14 bits per heavy atom. The molecule has 0 amide bonds. The van der Waals surface area contributed by atoms with Crippen molar-refractivity contribution in [2.75, 3.05) is 13.1 Å². The molecule has 2 aromatic rings. The van der Waals surface area contributed by atoms with Crippen LogP contribution in [0.2, 0.25) is 0 Å². The van der Waals surface area contributed by atoms with Crippen LogP contribution in [-0.2, 0) is 18.3 Å². The molecule has 1 fully saturated rings. The third-order valence-corrected chi connectivity index (χ3v) is 4.02. The highest BCUT2D eigenvalue weighted by Crippen LogP contribution is 2.17. The van der Waals surface area contributed by atoms with Gasteiger partial charge in [-0.25, -0.2) is 4.79 Å². The summed E-state index contributed by atoms with van der Waals surface area (Å²) in [5, 5.41) is 4.01. The SMILES string of the molecule is Cn1nccc1C(=O)O[C@H]1CCCN(Cc2ccccc2)C1. The second kappa shape index (κ2) is 6.75. The molecule has 5 nitrogen and oxygen atoms in total. The minimum Gasteiger partial charge on any atom is -0.456 e. The number of nitrogens with zero attached hydrogens (tertiary/aromatic N) is 3. The number of piperidine rings is 1. The molecule has 0 unspecified atom stereocenters. The number of ether oxygens (including phenoxy) is 1. The van der Waals surface area contributed by atoms with Gasteiger partial charge in [-0.15, -0.1) is 0 Å². The molecular formula is C17H21N3O2. The van der Waals surface area contributed by atoms with Crippen LogP contribution in [0.1, 0.15) is 28.9 Å². The zero-order valence-electron chi connectivity index (χ0n) is 12.8. The Hall–Kier alpha value is -2.14. The predicted octanol–water partition coefficient (Wildman–Crippen LogP) is 2.24. The summed E-state index contributed by atoms with van der Waals surface area (Å²) < 4.78 is 7.19. The Kier molecular flexibility index (Phi) is 4.53. The molecule has 5 heteroatoms. The smallest absolute Gasteiger partial charge is 0.356 e. The average Bonchev–Trinajstić information content (AvgIpc) is 2.95. The van der Waals surface area contributed by atoms with Crippen molar-refractivity contribution < 1.29 is 9.53 Å². The van der Waals surface area contributed by atoms with Crippen molar-refractivity contribution in [1.82, 2.24) is 14.7 Å². The molecule has 1 aliphatic rings. The van der Waals surface area contributed by atoms with Gasteiger partial charge in [-0.3, -0.25) is 9.58 Å². The topological polar surface area (TPSA) is 47.4 Å². The first-order valence-electron chi connectivity index (χ1n) is 7.67. The maximum Gasteiger partial charge on any atom is 0.356 e. The molecule has 0 bridgehead atoms. The first-order chi connectivity index (χ1) is 10.7. The number of carbonyl (C=O) groups excluding carboxylic acids is 1. The molecule has 0 saturated carbocycles. The number of likely N-dealkylation sites (tertiary alicyclic amines) is 1. The van der Waals surface area contributed by atoms with Crippen molar-refractivity contribution in [3.8, 4) is 0 Å². The van der Waals surface area contributed by atoms with Crippen molar-refractivity contribution in [3.05, 3.63) is 53.9 Å². The fourth-order valence-electron chi connectivity index (χ4n) is 2.88. The Labute approximate surface area is 130 Å². The number of hydrogen-bond donors (Lipinski definition) is 0. The van der Waals surface area contributed by atoms with E-state index in [1.54, 1.807) is 24.0 Å². The lowest BCUT2D eigenvalue weighted by Gasteiger charge is -2.32. The van der Waals surface area contributed by atoms with Gasteiger partial charge in [-0.05, 0) is 31.0 Å². The summed E-state index contributed by atoms with van der Waals surface area (Å²) in [5.41, 5.74) is 1.79. The van der Waals surface area contributed by atoms with Gasteiger partial charge in [-0.1, -0.05) is 30.3 Å². The molecule has 0 radical (unpaired) electrons. The second-order valence-electron chi connectivity index (χ2n) is 5.73. The van der Waals surface area contributed by atoms with Gasteiger partial charge in [0, 0.05) is 26.3 Å². The zero-order valence-corrected chi connectivity index (χ0v) is 12.8. The molecule has 0 aliphatic carbocycles. The van der Waals surface area contributed by atoms with Gasteiger partial charge in [0.05, 0.1) is 0 Å². The predicted molar refractivity (Wildman–Crippen MR) is 83.4 cm³/mol. The van der Waals surface area contributed by atoms with E-state index in [-0.39, 0.29) is 12.1 Å². The molecule has 1 aliphatic heterocycles. The van der Waals surface area contributed by atoms with E-state index < -0.39 is 0 Å². The highest BCUT2D eigenvalue weighted by atomic mass is 16.5. The van der Waals surface area contributed by atoms with Crippen molar-refractivity contribution in [3.63, 3.8) is 0 Å². The first-order valence-corrected chi connectivity index (χ1v) is 7.67. The maximum atomic E-state index is 12.2. The summed E-state index contributed by atoms with van der Waals surface area (Å²) in [6, 6.07) is 12.1. The van der Waals surface area contributed by atoms with Crippen molar-refractivity contribution in [1.29, 1.82) is 0 Å². The van der Waals surface area contributed by atoms with Gasteiger partial charge in [0.15, 0.2) is 0 Å². The molecule has 116 valence electrons. The van der Waals surface area contributed by atoms with Crippen molar-refractivity contribution >= 4 is 5.97 Å². The Balaban J connectivity index is 1.57. The van der Waals surface area contributed by atoms with Crippen LogP contribution in [0, 0.1) is 0 Å². The number of benzene rings is 1. The van der Waals surface area contributed by atoms with Crippen LogP contribution in [0.4, 0.5) is 0 Å². The van der Waals surface area contributed by atoms with Crippen molar-refractivity contribution in [2.45, 2.75) is 25.5 Å². The zero-order chi connectivity index (χ0) is 15.4. The minimum atomic E-state index is -0.286. The standard InChI is InChI=1S/C17H21N3O2/c1-19-16(9-10-18-19)17(21)22-15-8-5-11-20(13-15)12-14-6-3-2-4-7-14/h2-4,6-7,9-10,15H,5,8,11-13H2,1H3/t15-/m0/s1. The van der Waals surface area contributed by atoms with Crippen LogP contribution >= 0.6 is 0 Å². The number of hydrogen-bond acceptors (Lipinski definition) is 4. The molecule has 0 spiro atoms. The van der Waals surface area contributed by atoms with Crippen LogP contribution < -0.4 is 0 Å². The van der Waals surface area contributed by atoms with E-state index in [1.165, 1.54) is 5.56 Å². The average molecular weight is 299 g/mol. The summed E-state index contributed by atoms with van der Waals surface area (Å²) in [6.07, 6.45) is 3.55. The summed E-state index contributed by atoms with van der Waals surface area (Å²) in [5.74, 6) is -0.286.